The van der Waals surface area contributed by atoms with Gasteiger partial charge in [0.05, 0.1) is 0 Å². The summed E-state index contributed by atoms with van der Waals surface area (Å²) in [5, 5.41) is 9.62. The minimum atomic E-state index is -2.28. The van der Waals surface area contributed by atoms with Gasteiger partial charge in [0.25, 0.3) is 5.91 Å². The number of halogens is 2. The van der Waals surface area contributed by atoms with Crippen LogP contribution in [0.2, 0.25) is 0 Å². The Kier molecular flexibility index (Phi) is 4.24. The molecule has 4 rings (SSSR count). The lowest BCUT2D eigenvalue weighted by molar-refractivity contribution is -0.136. The molecule has 0 radical (unpaired) electrons. The second-order valence-corrected chi connectivity index (χ2v) is 7.48. The lowest BCUT2D eigenvalue weighted by Crippen LogP contribution is -2.33. The highest BCUT2D eigenvalue weighted by molar-refractivity contribution is 7.15. The largest absolute Gasteiger partial charge is 0.289 e. The van der Waals surface area contributed by atoms with Gasteiger partial charge in [-0.05, 0) is 42.8 Å². The number of nitrogens with one attached hydrogen (secondary N) is 1. The van der Waals surface area contributed by atoms with E-state index in [0.717, 1.165) is 0 Å². The predicted molar refractivity (Wildman–Crippen MR) is 95.7 cm³/mol. The van der Waals surface area contributed by atoms with Crippen molar-refractivity contribution in [3.63, 3.8) is 0 Å². The molecule has 0 unspecified atom stereocenters. The van der Waals surface area contributed by atoms with Gasteiger partial charge in [0.15, 0.2) is 0 Å². The molecule has 2 heterocycles. The highest BCUT2D eigenvalue weighted by Gasteiger charge is 2.73. The van der Waals surface area contributed by atoms with Crippen LogP contribution in [-0.4, -0.2) is 26.8 Å². The van der Waals surface area contributed by atoms with Gasteiger partial charge in [-0.3, -0.25) is 15.0 Å². The number of nitrogens with zero attached hydrogens (tertiary/aromatic N) is 2. The normalized spacial score (nSPS) is 23.9. The molecule has 0 aliphatic heterocycles. The second-order valence-electron chi connectivity index (χ2n) is 6.42. The van der Waals surface area contributed by atoms with E-state index in [9.17, 15) is 9.18 Å². The van der Waals surface area contributed by atoms with Crippen LogP contribution in [0.25, 0.3) is 10.6 Å². The topological polar surface area (TPSA) is 75.1 Å². The molecule has 5 nitrogen and oxygen atoms in total. The first-order valence-electron chi connectivity index (χ1n) is 8.23. The molecule has 8 heteroatoms. The van der Waals surface area contributed by atoms with E-state index >= 15 is 4.39 Å². The van der Waals surface area contributed by atoms with E-state index < -0.39 is 23.4 Å². The number of benzene rings is 1. The Labute approximate surface area is 157 Å². The van der Waals surface area contributed by atoms with Crippen LogP contribution < -0.4 is 5.48 Å². The van der Waals surface area contributed by atoms with Gasteiger partial charge in [-0.2, -0.15) is 0 Å². The van der Waals surface area contributed by atoms with Crippen LogP contribution in [0.3, 0.4) is 0 Å². The number of rotatable bonds is 4. The van der Waals surface area contributed by atoms with Crippen molar-refractivity contribution in [2.24, 2.45) is 0 Å². The van der Waals surface area contributed by atoms with E-state index in [4.69, 9.17) is 5.21 Å². The van der Waals surface area contributed by atoms with Crippen LogP contribution in [0.15, 0.2) is 48.8 Å². The molecule has 2 N–H and O–H groups in total. The Morgan fingerprint density at radius 1 is 1.22 bits per heavy atom. The van der Waals surface area contributed by atoms with Crippen LogP contribution in [0.1, 0.15) is 28.0 Å². The third kappa shape index (κ3) is 2.81. The summed E-state index contributed by atoms with van der Waals surface area (Å²) in [6.07, 6.45) is 3.13. The quantitative estimate of drug-likeness (QED) is 0.528. The molecule has 3 atom stereocenters. The van der Waals surface area contributed by atoms with Crippen molar-refractivity contribution in [2.75, 3.05) is 0 Å². The molecule has 3 aromatic rings. The Morgan fingerprint density at radius 2 is 1.96 bits per heavy atom. The summed E-state index contributed by atoms with van der Waals surface area (Å²) >= 11 is 1.24. The number of aryl methyl sites for hydroxylation is 1. The second kappa shape index (κ2) is 6.47. The molecule has 138 valence electrons. The molecular formula is C19H15F2N3O2S. The number of hydrogen-bond donors (Lipinski definition) is 2. The Morgan fingerprint density at radius 3 is 2.63 bits per heavy atom. The lowest BCUT2D eigenvalue weighted by atomic mass is 10.1. The smallest absolute Gasteiger partial charge is 0.282 e. The lowest BCUT2D eigenvalue weighted by Gasteiger charge is -2.06. The average Bonchev–Trinajstić information content (AvgIpc) is 3.04. The maximum atomic E-state index is 15.6. The summed E-state index contributed by atoms with van der Waals surface area (Å²) in [6, 6.07) is 9.26. The number of aromatic nitrogens is 2. The molecule has 1 aliphatic rings. The van der Waals surface area contributed by atoms with Crippen molar-refractivity contribution in [1.82, 2.24) is 15.4 Å². The molecule has 0 saturated heterocycles. The van der Waals surface area contributed by atoms with Gasteiger partial charge >= 0.3 is 0 Å². The van der Waals surface area contributed by atoms with Crippen molar-refractivity contribution < 1.29 is 18.8 Å². The first kappa shape index (κ1) is 17.7. The molecule has 1 aliphatic carbocycles. The fourth-order valence-corrected chi connectivity index (χ4v) is 4.61. The van der Waals surface area contributed by atoms with E-state index in [1.165, 1.54) is 35.1 Å². The van der Waals surface area contributed by atoms with Gasteiger partial charge in [0, 0.05) is 40.4 Å². The molecule has 1 fully saturated rings. The molecule has 1 aromatic carbocycles. The highest BCUT2D eigenvalue weighted by Crippen LogP contribution is 2.67. The number of carbonyl (C=O) groups excluding carboxylic acids is 1. The van der Waals surface area contributed by atoms with Crippen molar-refractivity contribution >= 4 is 17.2 Å². The van der Waals surface area contributed by atoms with Crippen LogP contribution in [0, 0.1) is 12.7 Å². The number of hydroxylamine groups is 1. The third-order valence-electron chi connectivity index (χ3n) is 4.88. The summed E-state index contributed by atoms with van der Waals surface area (Å²) < 4.78 is 28.7. The molecule has 0 bridgehead atoms. The zero-order valence-corrected chi connectivity index (χ0v) is 15.0. The third-order valence-corrected chi connectivity index (χ3v) is 6.01. The Bertz CT molecular complexity index is 1010. The van der Waals surface area contributed by atoms with Crippen molar-refractivity contribution in [3.05, 3.63) is 70.7 Å². The first-order chi connectivity index (χ1) is 13.0. The van der Waals surface area contributed by atoms with E-state index in [0.29, 0.717) is 26.7 Å². The SMILES string of the molecule is Cc1ncccc1[C@@H]1[C@@H](c2cnc(-c3ccc(F)cc3)s2)[C@]1(F)C(=O)NO. The molecular weight excluding hydrogens is 372 g/mol. The number of pyridine rings is 1. The van der Waals surface area contributed by atoms with Crippen LogP contribution in [0.4, 0.5) is 8.78 Å². The average molecular weight is 387 g/mol. The molecule has 2 aromatic heterocycles. The predicted octanol–water partition coefficient (Wildman–Crippen LogP) is 3.75. The van der Waals surface area contributed by atoms with Crippen molar-refractivity contribution in [1.29, 1.82) is 0 Å². The number of amides is 1. The maximum absolute atomic E-state index is 15.6. The van der Waals surface area contributed by atoms with Gasteiger partial charge < -0.3 is 0 Å². The van der Waals surface area contributed by atoms with Crippen molar-refractivity contribution in [3.8, 4) is 10.6 Å². The number of alkyl halides is 1. The number of carbonyl (C=O) groups is 1. The maximum Gasteiger partial charge on any atom is 0.282 e. The standard InChI is InChI=1S/C19H15F2N3O2S/c1-10-13(3-2-8-22-10)15-16(19(15,21)18(25)24-26)14-9-23-17(27-14)11-4-6-12(20)7-5-11/h2-9,15-16,26H,1H3,(H,24,25)/t15-,16-,19+/m1/s1. The van der Waals surface area contributed by atoms with E-state index in [1.54, 1.807) is 37.4 Å². The molecule has 27 heavy (non-hydrogen) atoms. The summed E-state index contributed by atoms with van der Waals surface area (Å²) in [4.78, 5) is 21.1. The zero-order chi connectivity index (χ0) is 19.2. The number of thiazole rings is 1. The Hall–Kier alpha value is -2.71. The van der Waals surface area contributed by atoms with Crippen LogP contribution in [0.5, 0.6) is 0 Å². The minimum Gasteiger partial charge on any atom is -0.289 e. The first-order valence-corrected chi connectivity index (χ1v) is 9.05. The summed E-state index contributed by atoms with van der Waals surface area (Å²) in [5.74, 6) is -2.98. The number of hydrogen-bond acceptors (Lipinski definition) is 5. The van der Waals surface area contributed by atoms with Crippen LogP contribution >= 0.6 is 11.3 Å². The van der Waals surface area contributed by atoms with Crippen LogP contribution in [-0.2, 0) is 4.79 Å². The fourth-order valence-electron chi connectivity index (χ4n) is 3.48. The van der Waals surface area contributed by atoms with Gasteiger partial charge in [-0.25, -0.2) is 19.2 Å². The monoisotopic (exact) mass is 387 g/mol. The zero-order valence-electron chi connectivity index (χ0n) is 14.2. The van der Waals surface area contributed by atoms with E-state index in [1.807, 2.05) is 0 Å². The van der Waals surface area contributed by atoms with Crippen molar-refractivity contribution in [2.45, 2.75) is 24.4 Å². The van der Waals surface area contributed by atoms with E-state index in [2.05, 4.69) is 9.97 Å². The van der Waals surface area contributed by atoms with Gasteiger partial charge in [-0.1, -0.05) is 6.07 Å². The summed E-state index contributed by atoms with van der Waals surface area (Å²) in [6.45, 7) is 1.75. The van der Waals surface area contributed by atoms with Gasteiger partial charge in [0.2, 0.25) is 5.67 Å². The fraction of sp³-hybridized carbons (Fsp3) is 0.211. The minimum absolute atomic E-state index is 0.354. The molecule has 1 amide bonds. The Balaban J connectivity index is 1.72. The molecule has 1 saturated carbocycles. The molecule has 0 spiro atoms. The summed E-state index contributed by atoms with van der Waals surface area (Å²) in [5.41, 5.74) is 1.11. The summed E-state index contributed by atoms with van der Waals surface area (Å²) in [7, 11) is 0. The van der Waals surface area contributed by atoms with E-state index in [-0.39, 0.29) is 5.82 Å². The van der Waals surface area contributed by atoms with Gasteiger partial charge in [0.1, 0.15) is 10.8 Å². The highest BCUT2D eigenvalue weighted by atomic mass is 32.1. The van der Waals surface area contributed by atoms with Gasteiger partial charge in [-0.15, -0.1) is 11.3 Å².